The van der Waals surface area contributed by atoms with Crippen molar-refractivity contribution in [3.8, 4) is 23.7 Å². The SMILES string of the molecule is CC(C)(NCCO)[C@H](NC(=O)c1ccc(C#CC#C[C@@H]2C[C@H]2CO)cc1)C(=O)NO. The van der Waals surface area contributed by atoms with Crippen LogP contribution >= 0.6 is 0 Å². The molecule has 0 unspecified atom stereocenters. The molecule has 0 radical (unpaired) electrons. The average molecular weight is 413 g/mol. The van der Waals surface area contributed by atoms with Gasteiger partial charge in [-0.1, -0.05) is 11.8 Å². The highest BCUT2D eigenvalue weighted by Gasteiger charge is 2.36. The topological polar surface area (TPSA) is 131 Å². The number of aliphatic hydroxyl groups excluding tert-OH is 2. The zero-order valence-electron chi connectivity index (χ0n) is 17.0. The molecule has 1 aliphatic carbocycles. The molecule has 0 spiro atoms. The quantitative estimate of drug-likeness (QED) is 0.196. The molecule has 6 N–H and O–H groups in total. The summed E-state index contributed by atoms with van der Waals surface area (Å²) in [5.74, 6) is 10.7. The standard InChI is InChI=1S/C22H27N3O5/c1-22(2,23-11-12-26)19(21(29)25-30)24-20(28)16-9-7-15(8-10-16)5-3-4-6-17-13-18(17)14-27/h7-10,17-19,23,26-27,30H,11-14H2,1-2H3,(H,24,28)(H,25,29)/t17-,18+,19-/m1/s1. The van der Waals surface area contributed by atoms with Crippen molar-refractivity contribution in [1.82, 2.24) is 16.1 Å². The number of nitrogens with one attached hydrogen (secondary N) is 3. The fourth-order valence-electron chi connectivity index (χ4n) is 2.90. The van der Waals surface area contributed by atoms with Crippen LogP contribution in [0.5, 0.6) is 0 Å². The van der Waals surface area contributed by atoms with Crippen LogP contribution in [0.2, 0.25) is 0 Å². The second-order valence-electron chi connectivity index (χ2n) is 7.64. The Bertz CT molecular complexity index is 874. The van der Waals surface area contributed by atoms with Gasteiger partial charge in [0.1, 0.15) is 6.04 Å². The molecule has 3 atom stereocenters. The molecule has 0 bridgehead atoms. The summed E-state index contributed by atoms with van der Waals surface area (Å²) in [6.07, 6.45) is 0.913. The Kier molecular flexibility index (Phi) is 8.40. The normalized spacial score (nSPS) is 18.2. The van der Waals surface area contributed by atoms with Crippen LogP contribution in [0.15, 0.2) is 24.3 Å². The van der Waals surface area contributed by atoms with E-state index in [1.165, 1.54) is 0 Å². The van der Waals surface area contributed by atoms with Crippen molar-refractivity contribution in [2.45, 2.75) is 31.8 Å². The van der Waals surface area contributed by atoms with Crippen molar-refractivity contribution in [3.63, 3.8) is 0 Å². The molecule has 1 aromatic rings. The molecule has 8 heteroatoms. The summed E-state index contributed by atoms with van der Waals surface area (Å²) in [6.45, 7) is 3.59. The van der Waals surface area contributed by atoms with Crippen LogP contribution in [0.4, 0.5) is 0 Å². The Morgan fingerprint density at radius 1 is 1.20 bits per heavy atom. The maximum atomic E-state index is 12.6. The number of β-amino-alcohol motifs (C(OH)–C–C–N with tert-alkyl or cyclic N) is 1. The van der Waals surface area contributed by atoms with E-state index in [9.17, 15) is 9.59 Å². The smallest absolute Gasteiger partial charge is 0.267 e. The zero-order valence-corrected chi connectivity index (χ0v) is 17.0. The van der Waals surface area contributed by atoms with Gasteiger partial charge in [0.2, 0.25) is 0 Å². The molecular formula is C22H27N3O5. The number of hydrogen-bond donors (Lipinski definition) is 6. The monoisotopic (exact) mass is 413 g/mol. The number of amides is 2. The fraction of sp³-hybridized carbons (Fsp3) is 0.455. The first-order valence-electron chi connectivity index (χ1n) is 9.65. The number of hydrogen-bond acceptors (Lipinski definition) is 6. The molecular weight excluding hydrogens is 386 g/mol. The second-order valence-corrected chi connectivity index (χ2v) is 7.64. The Morgan fingerprint density at radius 2 is 1.90 bits per heavy atom. The van der Waals surface area contributed by atoms with Crippen molar-refractivity contribution in [3.05, 3.63) is 35.4 Å². The Hall–Kier alpha value is -2.88. The highest BCUT2D eigenvalue weighted by atomic mass is 16.5. The molecule has 0 aromatic heterocycles. The Morgan fingerprint density at radius 3 is 2.47 bits per heavy atom. The number of rotatable bonds is 8. The maximum Gasteiger partial charge on any atom is 0.267 e. The highest BCUT2D eigenvalue weighted by Crippen LogP contribution is 2.36. The lowest BCUT2D eigenvalue weighted by molar-refractivity contribution is -0.133. The van der Waals surface area contributed by atoms with Crippen LogP contribution in [0, 0.1) is 35.5 Å². The van der Waals surface area contributed by atoms with E-state index < -0.39 is 23.4 Å². The van der Waals surface area contributed by atoms with Gasteiger partial charge in [0.25, 0.3) is 11.8 Å². The minimum Gasteiger partial charge on any atom is -0.396 e. The van der Waals surface area contributed by atoms with Crippen LogP contribution in [0.3, 0.4) is 0 Å². The largest absolute Gasteiger partial charge is 0.396 e. The van der Waals surface area contributed by atoms with Crippen molar-refractivity contribution >= 4 is 11.8 Å². The first kappa shape index (κ1) is 23.4. The van der Waals surface area contributed by atoms with Crippen LogP contribution in [0.25, 0.3) is 0 Å². The molecule has 0 heterocycles. The third-order valence-electron chi connectivity index (χ3n) is 4.89. The number of hydroxylamine groups is 1. The third kappa shape index (κ3) is 6.58. The van der Waals surface area contributed by atoms with E-state index in [2.05, 4.69) is 34.3 Å². The number of carbonyl (C=O) groups is 2. The van der Waals surface area contributed by atoms with Gasteiger partial charge in [-0.2, -0.15) is 0 Å². The highest BCUT2D eigenvalue weighted by molar-refractivity contribution is 5.97. The van der Waals surface area contributed by atoms with Gasteiger partial charge in [-0.3, -0.25) is 14.8 Å². The van der Waals surface area contributed by atoms with E-state index in [1.807, 2.05) is 0 Å². The van der Waals surface area contributed by atoms with E-state index in [4.69, 9.17) is 15.4 Å². The van der Waals surface area contributed by atoms with Crippen molar-refractivity contribution in [2.24, 2.45) is 11.8 Å². The molecule has 2 rings (SSSR count). The summed E-state index contributed by atoms with van der Waals surface area (Å²) < 4.78 is 0. The van der Waals surface area contributed by atoms with Crippen LogP contribution < -0.4 is 16.1 Å². The lowest BCUT2D eigenvalue weighted by Crippen LogP contribution is -2.63. The van der Waals surface area contributed by atoms with Gasteiger partial charge in [0.15, 0.2) is 0 Å². The first-order chi connectivity index (χ1) is 14.3. The first-order valence-corrected chi connectivity index (χ1v) is 9.65. The van der Waals surface area contributed by atoms with E-state index in [0.717, 1.165) is 6.42 Å². The van der Waals surface area contributed by atoms with Crippen molar-refractivity contribution in [2.75, 3.05) is 19.8 Å². The van der Waals surface area contributed by atoms with Crippen LogP contribution in [0.1, 0.15) is 36.2 Å². The Balaban J connectivity index is 2.02. The minimum absolute atomic E-state index is 0.139. The average Bonchev–Trinajstić information content (AvgIpc) is 3.51. The van der Waals surface area contributed by atoms with Crippen molar-refractivity contribution in [1.29, 1.82) is 0 Å². The predicted octanol–water partition coefficient (Wildman–Crippen LogP) is -0.366. The van der Waals surface area contributed by atoms with Crippen LogP contribution in [-0.2, 0) is 4.79 Å². The van der Waals surface area contributed by atoms with E-state index in [-0.39, 0.29) is 31.6 Å². The maximum absolute atomic E-state index is 12.6. The molecule has 1 fully saturated rings. The molecule has 160 valence electrons. The molecule has 30 heavy (non-hydrogen) atoms. The summed E-state index contributed by atoms with van der Waals surface area (Å²) in [5, 5.41) is 32.5. The number of benzene rings is 1. The second kappa shape index (κ2) is 10.8. The van der Waals surface area contributed by atoms with E-state index in [0.29, 0.717) is 11.1 Å². The van der Waals surface area contributed by atoms with Gasteiger partial charge in [0.05, 0.1) is 6.61 Å². The van der Waals surface area contributed by atoms with Crippen molar-refractivity contribution < 1.29 is 25.0 Å². The molecule has 2 amide bonds. The molecule has 1 saturated carbocycles. The lowest BCUT2D eigenvalue weighted by Gasteiger charge is -2.34. The Labute approximate surface area is 176 Å². The minimum atomic E-state index is -1.08. The third-order valence-corrected chi connectivity index (χ3v) is 4.89. The fourth-order valence-corrected chi connectivity index (χ4v) is 2.90. The lowest BCUT2D eigenvalue weighted by atomic mass is 9.93. The number of carbonyl (C=O) groups excluding carboxylic acids is 2. The van der Waals surface area contributed by atoms with Gasteiger partial charge < -0.3 is 20.8 Å². The predicted molar refractivity (Wildman–Crippen MR) is 110 cm³/mol. The molecule has 0 saturated heterocycles. The van der Waals surface area contributed by atoms with Crippen LogP contribution in [-0.4, -0.2) is 58.6 Å². The van der Waals surface area contributed by atoms with Gasteiger partial charge in [-0.05, 0) is 62.3 Å². The van der Waals surface area contributed by atoms with Gasteiger partial charge >= 0.3 is 0 Å². The number of aliphatic hydroxyl groups is 2. The van der Waals surface area contributed by atoms with E-state index >= 15 is 0 Å². The molecule has 1 aliphatic rings. The molecule has 0 aliphatic heterocycles. The molecule has 8 nitrogen and oxygen atoms in total. The van der Waals surface area contributed by atoms with Gasteiger partial charge in [0, 0.05) is 35.7 Å². The summed E-state index contributed by atoms with van der Waals surface area (Å²) in [5.41, 5.74) is 1.64. The van der Waals surface area contributed by atoms with Gasteiger partial charge in [-0.25, -0.2) is 5.48 Å². The summed E-state index contributed by atoms with van der Waals surface area (Å²) in [7, 11) is 0. The van der Waals surface area contributed by atoms with Gasteiger partial charge in [-0.15, -0.1) is 0 Å². The molecule has 1 aromatic carbocycles. The van der Waals surface area contributed by atoms with E-state index in [1.54, 1.807) is 43.6 Å². The summed E-state index contributed by atoms with van der Waals surface area (Å²) in [6, 6.07) is 5.43. The summed E-state index contributed by atoms with van der Waals surface area (Å²) >= 11 is 0. The zero-order chi connectivity index (χ0) is 22.1. The summed E-state index contributed by atoms with van der Waals surface area (Å²) in [4.78, 5) is 24.6.